The molecule has 0 amide bonds. The van der Waals surface area contributed by atoms with Gasteiger partial charge in [-0.1, -0.05) is 32.1 Å². The van der Waals surface area contributed by atoms with Crippen LogP contribution < -0.4 is 4.74 Å². The van der Waals surface area contributed by atoms with Crippen molar-refractivity contribution in [3.8, 4) is 5.06 Å². The molecule has 114 valence electrons. The molecule has 0 aromatic carbocycles. The predicted octanol–water partition coefficient (Wildman–Crippen LogP) is 1.88. The van der Waals surface area contributed by atoms with Crippen molar-refractivity contribution in [2.45, 2.75) is 25.0 Å². The van der Waals surface area contributed by atoms with Crippen molar-refractivity contribution in [2.75, 3.05) is 20.2 Å². The number of carboxylic acid groups (broad SMARTS) is 1. The molecule has 0 saturated carbocycles. The molecule has 1 N–H and O–H groups in total. The molecule has 0 aliphatic rings. The zero-order chi connectivity index (χ0) is 15.6. The van der Waals surface area contributed by atoms with E-state index in [0.717, 1.165) is 15.6 Å². The SMILES string of the molecule is COc1ccc(S(=O)(=O)N(CC(=O)O)CC(C)(C)C)s1. The standard InChI is InChI=1S/C12H19NO5S2/c1-12(2,3)8-13(7-9(14)15)20(16,17)11-6-5-10(18-4)19-11/h5-6H,7-8H2,1-4H3,(H,14,15). The second kappa shape index (κ2) is 6.11. The van der Waals surface area contributed by atoms with Crippen LogP contribution in [0.2, 0.25) is 0 Å². The van der Waals surface area contributed by atoms with Crippen LogP contribution in [0.15, 0.2) is 16.3 Å². The third kappa shape index (κ3) is 4.46. The molecule has 1 rings (SSSR count). The van der Waals surface area contributed by atoms with Crippen LogP contribution in [0.5, 0.6) is 5.06 Å². The van der Waals surface area contributed by atoms with E-state index in [-0.39, 0.29) is 16.2 Å². The number of thiophene rings is 1. The summed E-state index contributed by atoms with van der Waals surface area (Å²) in [4.78, 5) is 10.9. The summed E-state index contributed by atoms with van der Waals surface area (Å²) < 4.78 is 31.0. The number of hydrogen-bond donors (Lipinski definition) is 1. The molecule has 20 heavy (non-hydrogen) atoms. The first-order valence-electron chi connectivity index (χ1n) is 5.92. The van der Waals surface area contributed by atoms with Gasteiger partial charge >= 0.3 is 5.97 Å². The van der Waals surface area contributed by atoms with E-state index in [1.54, 1.807) is 6.07 Å². The summed E-state index contributed by atoms with van der Waals surface area (Å²) in [6.07, 6.45) is 0. The second-order valence-electron chi connectivity index (χ2n) is 5.51. The summed E-state index contributed by atoms with van der Waals surface area (Å²) in [5.41, 5.74) is -0.343. The van der Waals surface area contributed by atoms with Crippen molar-refractivity contribution in [2.24, 2.45) is 5.41 Å². The van der Waals surface area contributed by atoms with Crippen molar-refractivity contribution in [1.29, 1.82) is 0 Å². The van der Waals surface area contributed by atoms with Gasteiger partial charge in [-0.15, -0.1) is 0 Å². The zero-order valence-electron chi connectivity index (χ0n) is 11.9. The molecule has 0 atom stereocenters. The van der Waals surface area contributed by atoms with Gasteiger partial charge in [-0.3, -0.25) is 4.79 Å². The van der Waals surface area contributed by atoms with Gasteiger partial charge in [-0.2, -0.15) is 4.31 Å². The molecule has 0 saturated heterocycles. The zero-order valence-corrected chi connectivity index (χ0v) is 13.5. The highest BCUT2D eigenvalue weighted by molar-refractivity contribution is 7.91. The number of carbonyl (C=O) groups is 1. The fraction of sp³-hybridized carbons (Fsp3) is 0.583. The first-order valence-corrected chi connectivity index (χ1v) is 8.18. The minimum Gasteiger partial charge on any atom is -0.487 e. The number of nitrogens with zero attached hydrogens (tertiary/aromatic N) is 1. The van der Waals surface area contributed by atoms with Crippen LogP contribution in [0, 0.1) is 5.41 Å². The molecular formula is C12H19NO5S2. The van der Waals surface area contributed by atoms with Gasteiger partial charge in [0.05, 0.1) is 7.11 Å². The van der Waals surface area contributed by atoms with Gasteiger partial charge in [0, 0.05) is 6.54 Å². The van der Waals surface area contributed by atoms with E-state index in [2.05, 4.69) is 0 Å². The van der Waals surface area contributed by atoms with Gasteiger partial charge in [0.15, 0.2) is 5.06 Å². The molecule has 1 aromatic rings. The minimum atomic E-state index is -3.83. The van der Waals surface area contributed by atoms with Gasteiger partial charge in [-0.25, -0.2) is 8.42 Å². The van der Waals surface area contributed by atoms with Gasteiger partial charge in [-0.05, 0) is 17.5 Å². The lowest BCUT2D eigenvalue weighted by atomic mass is 9.97. The maximum Gasteiger partial charge on any atom is 0.318 e. The molecule has 0 bridgehead atoms. The molecule has 0 aliphatic heterocycles. The van der Waals surface area contributed by atoms with E-state index in [4.69, 9.17) is 9.84 Å². The maximum absolute atomic E-state index is 12.5. The lowest BCUT2D eigenvalue weighted by molar-refractivity contribution is -0.137. The van der Waals surface area contributed by atoms with Crippen molar-refractivity contribution in [1.82, 2.24) is 4.31 Å². The monoisotopic (exact) mass is 321 g/mol. The Balaban J connectivity index is 3.13. The Morgan fingerprint density at radius 3 is 2.40 bits per heavy atom. The molecule has 1 aromatic heterocycles. The smallest absolute Gasteiger partial charge is 0.318 e. The summed E-state index contributed by atoms with van der Waals surface area (Å²) in [5.74, 6) is -1.18. The van der Waals surface area contributed by atoms with E-state index in [1.807, 2.05) is 20.8 Å². The number of hydrogen-bond acceptors (Lipinski definition) is 5. The molecule has 0 unspecified atom stereocenters. The lowest BCUT2D eigenvalue weighted by Gasteiger charge is -2.27. The summed E-state index contributed by atoms with van der Waals surface area (Å²) in [5, 5.41) is 9.38. The number of rotatable bonds is 6. The average molecular weight is 321 g/mol. The van der Waals surface area contributed by atoms with Crippen molar-refractivity contribution in [3.63, 3.8) is 0 Å². The number of aliphatic carboxylic acids is 1. The van der Waals surface area contributed by atoms with Crippen LogP contribution in [0.4, 0.5) is 0 Å². The maximum atomic E-state index is 12.5. The van der Waals surface area contributed by atoms with E-state index < -0.39 is 22.5 Å². The molecule has 6 nitrogen and oxygen atoms in total. The highest BCUT2D eigenvalue weighted by Crippen LogP contribution is 2.31. The molecular weight excluding hydrogens is 302 g/mol. The van der Waals surface area contributed by atoms with Gasteiger partial charge in [0.1, 0.15) is 10.8 Å². The number of sulfonamides is 1. The third-order valence-corrected chi connectivity index (χ3v) is 5.62. The van der Waals surface area contributed by atoms with Crippen LogP contribution in [0.25, 0.3) is 0 Å². The highest BCUT2D eigenvalue weighted by Gasteiger charge is 2.31. The molecule has 0 aliphatic carbocycles. The van der Waals surface area contributed by atoms with Gasteiger partial charge in [0.2, 0.25) is 0 Å². The molecule has 0 spiro atoms. The van der Waals surface area contributed by atoms with Gasteiger partial charge < -0.3 is 9.84 Å². The van der Waals surface area contributed by atoms with E-state index in [1.165, 1.54) is 13.2 Å². The lowest BCUT2D eigenvalue weighted by Crippen LogP contribution is -2.40. The summed E-state index contributed by atoms with van der Waals surface area (Å²) in [6.45, 7) is 5.13. The molecule has 8 heteroatoms. The Morgan fingerprint density at radius 2 is 2.00 bits per heavy atom. The first-order chi connectivity index (χ1) is 9.06. The van der Waals surface area contributed by atoms with Crippen molar-refractivity contribution in [3.05, 3.63) is 12.1 Å². The first kappa shape index (κ1) is 16.9. The largest absolute Gasteiger partial charge is 0.487 e. The fourth-order valence-corrected chi connectivity index (χ4v) is 4.45. The second-order valence-corrected chi connectivity index (χ2v) is 8.72. The van der Waals surface area contributed by atoms with Crippen molar-refractivity contribution < 1.29 is 23.1 Å². The Morgan fingerprint density at radius 1 is 1.40 bits per heavy atom. The predicted molar refractivity (Wildman–Crippen MR) is 76.7 cm³/mol. The van der Waals surface area contributed by atoms with Crippen LogP contribution in [-0.4, -0.2) is 44.0 Å². The molecule has 0 fully saturated rings. The van der Waals surface area contributed by atoms with E-state index in [9.17, 15) is 13.2 Å². The summed E-state index contributed by atoms with van der Waals surface area (Å²) in [7, 11) is -2.38. The van der Waals surface area contributed by atoms with E-state index >= 15 is 0 Å². The number of methoxy groups -OCH3 is 1. The Hall–Kier alpha value is -1.12. The van der Waals surface area contributed by atoms with Crippen molar-refractivity contribution >= 4 is 27.3 Å². The molecule has 0 radical (unpaired) electrons. The average Bonchev–Trinajstić information content (AvgIpc) is 2.74. The van der Waals surface area contributed by atoms with Crippen LogP contribution >= 0.6 is 11.3 Å². The van der Waals surface area contributed by atoms with Crippen LogP contribution in [-0.2, 0) is 14.8 Å². The van der Waals surface area contributed by atoms with Gasteiger partial charge in [0.25, 0.3) is 10.0 Å². The Bertz CT molecular complexity index is 571. The number of carboxylic acids is 1. The summed E-state index contributed by atoms with van der Waals surface area (Å²) >= 11 is 0.976. The van der Waals surface area contributed by atoms with Crippen LogP contribution in [0.3, 0.4) is 0 Å². The van der Waals surface area contributed by atoms with E-state index in [0.29, 0.717) is 5.06 Å². The summed E-state index contributed by atoms with van der Waals surface area (Å²) in [6, 6.07) is 2.98. The Labute approximate surface area is 123 Å². The topological polar surface area (TPSA) is 83.9 Å². The Kier molecular flexibility index (Phi) is 5.17. The highest BCUT2D eigenvalue weighted by atomic mass is 32.2. The molecule has 1 heterocycles. The normalized spacial score (nSPS) is 12.7. The van der Waals surface area contributed by atoms with Crippen LogP contribution in [0.1, 0.15) is 20.8 Å². The third-order valence-electron chi connectivity index (χ3n) is 2.31. The number of ether oxygens (including phenoxy) is 1. The minimum absolute atomic E-state index is 0.0832. The quantitative estimate of drug-likeness (QED) is 0.865. The fourth-order valence-electron chi connectivity index (χ4n) is 1.58.